The summed E-state index contributed by atoms with van der Waals surface area (Å²) in [6, 6.07) is 0. The van der Waals surface area contributed by atoms with Crippen LogP contribution in [0.1, 0.15) is 6.42 Å². The van der Waals surface area contributed by atoms with Crippen molar-refractivity contribution in [3.05, 3.63) is 24.0 Å². The fourth-order valence-corrected chi connectivity index (χ4v) is 0.759. The summed E-state index contributed by atoms with van der Waals surface area (Å²) in [5, 5.41) is 8.17. The van der Waals surface area contributed by atoms with E-state index >= 15 is 0 Å². The lowest BCUT2D eigenvalue weighted by atomic mass is 10.1. The second-order valence-electron chi connectivity index (χ2n) is 2.28. The van der Waals surface area contributed by atoms with Gasteiger partial charge in [-0.25, -0.2) is 9.59 Å². The molecule has 1 aliphatic carbocycles. The summed E-state index contributed by atoms with van der Waals surface area (Å²) >= 11 is 0. The predicted octanol–water partition coefficient (Wildman–Crippen LogP) is 0.0271. The van der Waals surface area contributed by atoms with Crippen LogP contribution >= 0.6 is 0 Å². The Morgan fingerprint density at radius 2 is 2.15 bits per heavy atom. The van der Waals surface area contributed by atoms with Crippen LogP contribution in [0.15, 0.2) is 24.0 Å². The van der Waals surface area contributed by atoms with Gasteiger partial charge in [-0.3, -0.25) is 4.79 Å². The van der Waals surface area contributed by atoms with Crippen molar-refractivity contribution in [3.63, 3.8) is 0 Å². The number of hydrogen-bond acceptors (Lipinski definition) is 4. The Bertz CT molecular complexity index is 323. The highest BCUT2D eigenvalue weighted by atomic mass is 16.6. The largest absolute Gasteiger partial charge is 0.473 e. The second-order valence-corrected chi connectivity index (χ2v) is 2.28. The van der Waals surface area contributed by atoms with Crippen molar-refractivity contribution >= 4 is 17.7 Å². The lowest BCUT2D eigenvalue weighted by Gasteiger charge is -2.05. The molecular weight excluding hydrogens is 176 g/mol. The summed E-state index contributed by atoms with van der Waals surface area (Å²) < 4.78 is 4.29. The number of allylic oxidation sites excluding steroid dienone is 4. The van der Waals surface area contributed by atoms with Gasteiger partial charge in [0.1, 0.15) is 0 Å². The molecule has 0 atom stereocenters. The summed E-state index contributed by atoms with van der Waals surface area (Å²) in [6.07, 6.45) is 4.48. The predicted molar refractivity (Wildman–Crippen MR) is 40.6 cm³/mol. The topological polar surface area (TPSA) is 80.7 Å². The molecule has 0 radical (unpaired) electrons. The van der Waals surface area contributed by atoms with Crippen LogP contribution in [0, 0.1) is 0 Å². The molecule has 13 heavy (non-hydrogen) atoms. The Morgan fingerprint density at radius 3 is 2.69 bits per heavy atom. The number of carbonyl (C=O) groups is 3. The lowest BCUT2D eigenvalue weighted by molar-refractivity contribution is -0.161. The number of hydrogen-bond donors (Lipinski definition) is 1. The summed E-state index contributed by atoms with van der Waals surface area (Å²) in [5.74, 6) is -3.80. The number of ketones is 1. The molecule has 68 valence electrons. The summed E-state index contributed by atoms with van der Waals surface area (Å²) in [4.78, 5) is 31.5. The van der Waals surface area contributed by atoms with Gasteiger partial charge in [-0.05, 0) is 6.08 Å². The van der Waals surface area contributed by atoms with Gasteiger partial charge in [-0.2, -0.15) is 0 Å². The minimum absolute atomic E-state index is 0.124. The van der Waals surface area contributed by atoms with Crippen molar-refractivity contribution in [2.75, 3.05) is 0 Å². The smallest absolute Gasteiger partial charge is 0.422 e. The molecule has 0 saturated carbocycles. The molecule has 0 aromatic heterocycles. The van der Waals surface area contributed by atoms with E-state index in [2.05, 4.69) is 4.74 Å². The standard InChI is InChI=1S/C8H6O5/c9-5-3-1-2-4-6(5)13-8(12)7(10)11/h1-2,4H,3H2,(H,10,11). The summed E-state index contributed by atoms with van der Waals surface area (Å²) in [5.41, 5.74) is 0. The first kappa shape index (κ1) is 9.18. The average Bonchev–Trinajstić information content (AvgIpc) is 2.08. The van der Waals surface area contributed by atoms with Crippen LogP contribution in [-0.4, -0.2) is 22.8 Å². The van der Waals surface area contributed by atoms with Gasteiger partial charge in [0.15, 0.2) is 5.76 Å². The fourth-order valence-electron chi connectivity index (χ4n) is 0.759. The average molecular weight is 182 g/mol. The Kier molecular flexibility index (Phi) is 2.59. The van der Waals surface area contributed by atoms with Crippen molar-refractivity contribution in [1.29, 1.82) is 0 Å². The third-order valence-corrected chi connectivity index (χ3v) is 1.34. The van der Waals surface area contributed by atoms with E-state index in [1.165, 1.54) is 12.2 Å². The van der Waals surface area contributed by atoms with Gasteiger partial charge in [-0.1, -0.05) is 12.2 Å². The van der Waals surface area contributed by atoms with E-state index in [1.54, 1.807) is 6.08 Å². The molecule has 0 bridgehead atoms. The van der Waals surface area contributed by atoms with E-state index in [0.29, 0.717) is 0 Å². The van der Waals surface area contributed by atoms with Crippen LogP contribution in [-0.2, 0) is 19.1 Å². The molecule has 1 aliphatic rings. The van der Waals surface area contributed by atoms with Gasteiger partial charge >= 0.3 is 11.9 Å². The lowest BCUT2D eigenvalue weighted by Crippen LogP contribution is -2.19. The molecule has 0 aromatic rings. The van der Waals surface area contributed by atoms with Crippen molar-refractivity contribution < 1.29 is 24.2 Å². The summed E-state index contributed by atoms with van der Waals surface area (Å²) in [7, 11) is 0. The zero-order valence-electron chi connectivity index (χ0n) is 6.52. The third kappa shape index (κ3) is 2.26. The van der Waals surface area contributed by atoms with Gasteiger partial charge < -0.3 is 9.84 Å². The third-order valence-electron chi connectivity index (χ3n) is 1.34. The Hall–Kier alpha value is -1.91. The van der Waals surface area contributed by atoms with E-state index in [0.717, 1.165) is 0 Å². The number of carbonyl (C=O) groups excluding carboxylic acids is 2. The van der Waals surface area contributed by atoms with Gasteiger partial charge in [0.05, 0.1) is 0 Å². The van der Waals surface area contributed by atoms with Gasteiger partial charge in [-0.15, -0.1) is 0 Å². The summed E-state index contributed by atoms with van der Waals surface area (Å²) in [6.45, 7) is 0. The minimum Gasteiger partial charge on any atom is -0.473 e. The molecule has 0 saturated heterocycles. The number of aliphatic carboxylic acids is 1. The van der Waals surface area contributed by atoms with Gasteiger partial charge in [0.2, 0.25) is 5.78 Å². The highest BCUT2D eigenvalue weighted by Gasteiger charge is 2.20. The molecule has 0 spiro atoms. The maximum atomic E-state index is 11.0. The first-order valence-electron chi connectivity index (χ1n) is 3.46. The number of rotatable bonds is 1. The maximum absolute atomic E-state index is 11.0. The van der Waals surface area contributed by atoms with Crippen molar-refractivity contribution in [1.82, 2.24) is 0 Å². The molecule has 1 N–H and O–H groups in total. The van der Waals surface area contributed by atoms with Crippen LogP contribution in [0.4, 0.5) is 0 Å². The zero-order chi connectivity index (χ0) is 9.84. The minimum atomic E-state index is -1.72. The van der Waals surface area contributed by atoms with Crippen molar-refractivity contribution in [2.45, 2.75) is 6.42 Å². The van der Waals surface area contributed by atoms with Crippen LogP contribution in [0.3, 0.4) is 0 Å². The molecule has 1 rings (SSSR count). The maximum Gasteiger partial charge on any atom is 0.422 e. The molecule has 0 unspecified atom stereocenters. The van der Waals surface area contributed by atoms with Crippen molar-refractivity contribution in [3.8, 4) is 0 Å². The van der Waals surface area contributed by atoms with E-state index in [4.69, 9.17) is 5.11 Å². The Balaban J connectivity index is 2.68. The molecule has 0 aliphatic heterocycles. The highest BCUT2D eigenvalue weighted by Crippen LogP contribution is 2.09. The van der Waals surface area contributed by atoms with E-state index in [-0.39, 0.29) is 12.2 Å². The SMILES string of the molecule is O=C(O)C(=O)OC1=CC=CCC1=O. The number of ether oxygens (including phenoxy) is 1. The van der Waals surface area contributed by atoms with Crippen LogP contribution in [0.2, 0.25) is 0 Å². The van der Waals surface area contributed by atoms with Crippen LogP contribution in [0.5, 0.6) is 0 Å². The molecule has 0 aromatic carbocycles. The van der Waals surface area contributed by atoms with E-state index in [9.17, 15) is 14.4 Å². The second kappa shape index (κ2) is 3.66. The molecule has 0 amide bonds. The first-order chi connectivity index (χ1) is 6.11. The van der Waals surface area contributed by atoms with Gasteiger partial charge in [0, 0.05) is 6.42 Å². The number of carboxylic acid groups (broad SMARTS) is 1. The van der Waals surface area contributed by atoms with Crippen molar-refractivity contribution in [2.24, 2.45) is 0 Å². The van der Waals surface area contributed by atoms with E-state index < -0.39 is 17.7 Å². The Labute approximate surface area is 73.3 Å². The number of Topliss-reactive ketones (excluding diaryl/α,β-unsaturated/α-hetero) is 1. The zero-order valence-corrected chi connectivity index (χ0v) is 6.52. The first-order valence-corrected chi connectivity index (χ1v) is 3.46. The quantitative estimate of drug-likeness (QED) is 0.457. The molecule has 0 fully saturated rings. The molecule has 5 nitrogen and oxygen atoms in total. The number of esters is 1. The molecule has 0 heterocycles. The highest BCUT2D eigenvalue weighted by molar-refractivity contribution is 6.29. The van der Waals surface area contributed by atoms with Crippen LogP contribution in [0.25, 0.3) is 0 Å². The fraction of sp³-hybridized carbons (Fsp3) is 0.125. The number of carboxylic acids is 1. The molecular formula is C8H6O5. The monoisotopic (exact) mass is 182 g/mol. The van der Waals surface area contributed by atoms with E-state index in [1.807, 2.05) is 0 Å². The molecule has 5 heteroatoms. The Morgan fingerprint density at radius 1 is 1.46 bits per heavy atom. The van der Waals surface area contributed by atoms with Crippen LogP contribution < -0.4 is 0 Å². The van der Waals surface area contributed by atoms with Gasteiger partial charge in [0.25, 0.3) is 0 Å². The normalized spacial score (nSPS) is 15.1.